The molecule has 0 saturated carbocycles. The summed E-state index contributed by atoms with van der Waals surface area (Å²) in [6.07, 6.45) is 0.365. The molecule has 0 heterocycles. The molecule has 0 aliphatic heterocycles. The number of hydrogen-bond donors (Lipinski definition) is 3. The number of rotatable bonds is 5. The van der Waals surface area contributed by atoms with Gasteiger partial charge in [-0.3, -0.25) is 4.79 Å². The second-order valence-corrected chi connectivity index (χ2v) is 4.25. The second kappa shape index (κ2) is 6.69. The Morgan fingerprint density at radius 1 is 1.35 bits per heavy atom. The topological polar surface area (TPSA) is 61.4 Å². The largest absolute Gasteiger partial charge is 0.505 e. The Kier molecular flexibility index (Phi) is 5.55. The highest BCUT2D eigenvalue weighted by Crippen LogP contribution is 2.34. The van der Waals surface area contributed by atoms with Crippen LogP contribution >= 0.6 is 23.2 Å². The van der Waals surface area contributed by atoms with Gasteiger partial charge in [-0.25, -0.2) is 0 Å². The van der Waals surface area contributed by atoms with Crippen molar-refractivity contribution in [3.63, 3.8) is 0 Å². The molecule has 0 aliphatic rings. The molecule has 0 fully saturated rings. The minimum Gasteiger partial charge on any atom is -0.505 e. The monoisotopic (exact) mass is 276 g/mol. The quantitative estimate of drug-likeness (QED) is 0.572. The van der Waals surface area contributed by atoms with Crippen LogP contribution in [0.1, 0.15) is 13.3 Å². The fraction of sp³-hybridized carbons (Fsp3) is 0.364. The molecule has 0 unspecified atom stereocenters. The number of phenols is 1. The highest BCUT2D eigenvalue weighted by atomic mass is 35.5. The Hall–Kier alpha value is -0.970. The van der Waals surface area contributed by atoms with Crippen LogP contribution < -0.4 is 10.6 Å². The van der Waals surface area contributed by atoms with E-state index in [0.717, 1.165) is 6.54 Å². The van der Waals surface area contributed by atoms with Crippen LogP contribution in [0.15, 0.2) is 12.1 Å². The number of anilines is 1. The number of amides is 1. The maximum atomic E-state index is 11.5. The smallest absolute Gasteiger partial charge is 0.225 e. The van der Waals surface area contributed by atoms with Crippen LogP contribution in [0, 0.1) is 0 Å². The van der Waals surface area contributed by atoms with Crippen LogP contribution in [0.25, 0.3) is 0 Å². The molecule has 0 spiro atoms. The molecule has 0 atom stereocenters. The number of hydrogen-bond acceptors (Lipinski definition) is 3. The average molecular weight is 277 g/mol. The number of aromatic hydroxyl groups is 1. The van der Waals surface area contributed by atoms with Crippen LogP contribution in [0.5, 0.6) is 5.75 Å². The zero-order valence-corrected chi connectivity index (χ0v) is 10.9. The van der Waals surface area contributed by atoms with Crippen molar-refractivity contribution in [3.05, 3.63) is 22.2 Å². The Bertz CT molecular complexity index is 387. The van der Waals surface area contributed by atoms with Gasteiger partial charge in [-0.2, -0.15) is 0 Å². The third kappa shape index (κ3) is 4.42. The fourth-order valence-electron chi connectivity index (χ4n) is 1.24. The van der Waals surface area contributed by atoms with Gasteiger partial charge in [-0.05, 0) is 18.7 Å². The van der Waals surface area contributed by atoms with Gasteiger partial charge in [0.15, 0.2) is 5.75 Å². The molecule has 4 nitrogen and oxygen atoms in total. The highest BCUT2D eigenvalue weighted by Gasteiger charge is 2.08. The lowest BCUT2D eigenvalue weighted by molar-refractivity contribution is -0.116. The summed E-state index contributed by atoms with van der Waals surface area (Å²) >= 11 is 11.5. The van der Waals surface area contributed by atoms with E-state index in [0.29, 0.717) is 18.7 Å². The molecule has 17 heavy (non-hydrogen) atoms. The Labute approximate surface area is 110 Å². The Morgan fingerprint density at radius 3 is 2.47 bits per heavy atom. The predicted octanol–water partition coefficient (Wildman–Crippen LogP) is 2.64. The standard InChI is InChI=1S/C11H14Cl2N2O2/c1-2-14-4-3-10(16)15-7-5-8(12)11(17)9(13)6-7/h5-6,14,17H,2-4H2,1H3,(H,15,16). The molecule has 1 amide bonds. The average Bonchev–Trinajstić information content (AvgIpc) is 2.26. The maximum absolute atomic E-state index is 11.5. The lowest BCUT2D eigenvalue weighted by atomic mass is 10.3. The molecular formula is C11H14Cl2N2O2. The van der Waals surface area contributed by atoms with Gasteiger partial charge in [-0.15, -0.1) is 0 Å². The number of nitrogens with one attached hydrogen (secondary N) is 2. The third-order valence-corrected chi connectivity index (χ3v) is 2.66. The summed E-state index contributed by atoms with van der Waals surface area (Å²) in [4.78, 5) is 11.5. The first-order valence-corrected chi connectivity index (χ1v) is 5.98. The number of halogens is 2. The van der Waals surface area contributed by atoms with Crippen molar-refractivity contribution >= 4 is 34.8 Å². The number of phenolic OH excluding ortho intramolecular Hbond substituents is 1. The first-order valence-electron chi connectivity index (χ1n) is 5.23. The van der Waals surface area contributed by atoms with E-state index >= 15 is 0 Å². The molecule has 0 bridgehead atoms. The SMILES string of the molecule is CCNCCC(=O)Nc1cc(Cl)c(O)c(Cl)c1. The van der Waals surface area contributed by atoms with E-state index in [4.69, 9.17) is 23.2 Å². The van der Waals surface area contributed by atoms with Crippen LogP contribution in [-0.2, 0) is 4.79 Å². The van der Waals surface area contributed by atoms with Gasteiger partial charge >= 0.3 is 0 Å². The first-order chi connectivity index (χ1) is 8.04. The molecule has 6 heteroatoms. The Balaban J connectivity index is 2.60. The summed E-state index contributed by atoms with van der Waals surface area (Å²) in [5.41, 5.74) is 0.472. The first kappa shape index (κ1) is 14.1. The molecule has 1 aromatic rings. The highest BCUT2D eigenvalue weighted by molar-refractivity contribution is 6.37. The molecule has 1 aromatic carbocycles. The summed E-state index contributed by atoms with van der Waals surface area (Å²) in [5.74, 6) is -0.317. The molecular weight excluding hydrogens is 263 g/mol. The number of carbonyl (C=O) groups excluding carboxylic acids is 1. The van der Waals surface area contributed by atoms with Gasteiger partial charge in [-0.1, -0.05) is 30.1 Å². The van der Waals surface area contributed by atoms with Crippen molar-refractivity contribution in [2.75, 3.05) is 18.4 Å². The molecule has 1 rings (SSSR count). The molecule has 0 radical (unpaired) electrons. The zero-order valence-electron chi connectivity index (χ0n) is 9.39. The lowest BCUT2D eigenvalue weighted by Crippen LogP contribution is -2.21. The second-order valence-electron chi connectivity index (χ2n) is 3.44. The van der Waals surface area contributed by atoms with Crippen LogP contribution in [0.3, 0.4) is 0 Å². The van der Waals surface area contributed by atoms with E-state index in [1.807, 2.05) is 6.92 Å². The van der Waals surface area contributed by atoms with Gasteiger partial charge in [0.25, 0.3) is 0 Å². The van der Waals surface area contributed by atoms with E-state index in [2.05, 4.69) is 10.6 Å². The van der Waals surface area contributed by atoms with Gasteiger partial charge in [0.2, 0.25) is 5.91 Å². The van der Waals surface area contributed by atoms with Crippen molar-refractivity contribution in [1.82, 2.24) is 5.32 Å². The minimum absolute atomic E-state index is 0.111. The van der Waals surface area contributed by atoms with Crippen molar-refractivity contribution < 1.29 is 9.90 Å². The number of carbonyl (C=O) groups is 1. The molecule has 94 valence electrons. The zero-order chi connectivity index (χ0) is 12.8. The van der Waals surface area contributed by atoms with Gasteiger partial charge in [0.1, 0.15) is 0 Å². The number of benzene rings is 1. The third-order valence-electron chi connectivity index (χ3n) is 2.08. The van der Waals surface area contributed by atoms with Crippen molar-refractivity contribution in [2.45, 2.75) is 13.3 Å². The van der Waals surface area contributed by atoms with Crippen molar-refractivity contribution in [3.8, 4) is 5.75 Å². The summed E-state index contributed by atoms with van der Waals surface area (Å²) < 4.78 is 0. The molecule has 0 saturated heterocycles. The minimum atomic E-state index is -0.181. The van der Waals surface area contributed by atoms with Crippen LogP contribution in [-0.4, -0.2) is 24.1 Å². The van der Waals surface area contributed by atoms with E-state index in [1.165, 1.54) is 12.1 Å². The predicted molar refractivity (Wildman–Crippen MR) is 69.9 cm³/mol. The van der Waals surface area contributed by atoms with Crippen LogP contribution in [0.4, 0.5) is 5.69 Å². The summed E-state index contributed by atoms with van der Waals surface area (Å²) in [5, 5.41) is 15.3. The lowest BCUT2D eigenvalue weighted by Gasteiger charge is -2.08. The van der Waals surface area contributed by atoms with Gasteiger partial charge in [0, 0.05) is 18.7 Å². The summed E-state index contributed by atoms with van der Waals surface area (Å²) in [6, 6.07) is 2.90. The summed E-state index contributed by atoms with van der Waals surface area (Å²) in [7, 11) is 0. The van der Waals surface area contributed by atoms with E-state index < -0.39 is 0 Å². The van der Waals surface area contributed by atoms with Gasteiger partial charge in [0.05, 0.1) is 10.0 Å². The normalized spacial score (nSPS) is 10.3. The maximum Gasteiger partial charge on any atom is 0.225 e. The van der Waals surface area contributed by atoms with Crippen molar-refractivity contribution in [2.24, 2.45) is 0 Å². The summed E-state index contributed by atoms with van der Waals surface area (Å²) in [6.45, 7) is 3.41. The van der Waals surface area contributed by atoms with E-state index in [9.17, 15) is 9.90 Å². The van der Waals surface area contributed by atoms with Crippen LogP contribution in [0.2, 0.25) is 10.0 Å². The van der Waals surface area contributed by atoms with E-state index in [1.54, 1.807) is 0 Å². The Morgan fingerprint density at radius 2 is 1.94 bits per heavy atom. The fourth-order valence-corrected chi connectivity index (χ4v) is 1.73. The molecule has 3 N–H and O–H groups in total. The molecule has 0 aliphatic carbocycles. The van der Waals surface area contributed by atoms with E-state index in [-0.39, 0.29) is 21.7 Å². The van der Waals surface area contributed by atoms with Gasteiger partial charge < -0.3 is 15.7 Å². The van der Waals surface area contributed by atoms with Crippen molar-refractivity contribution in [1.29, 1.82) is 0 Å². The molecule has 0 aromatic heterocycles.